The molecule has 3 rings (SSSR count). The number of amides is 2. The summed E-state index contributed by atoms with van der Waals surface area (Å²) in [7, 11) is 0. The molecule has 2 atom stereocenters. The maximum atomic E-state index is 12.5. The lowest BCUT2D eigenvalue weighted by atomic mass is 9.98. The van der Waals surface area contributed by atoms with Gasteiger partial charge < -0.3 is 19.7 Å². The Labute approximate surface area is 154 Å². The summed E-state index contributed by atoms with van der Waals surface area (Å²) in [6.45, 7) is 5.90. The minimum Gasteiger partial charge on any atom is -0.445 e. The molecule has 1 aromatic rings. The van der Waals surface area contributed by atoms with Gasteiger partial charge in [0.1, 0.15) is 12.2 Å². The minimum absolute atomic E-state index is 0.0365. The standard InChI is InChI=1S/C20H28N2O4/c1-20(2,3)26-19(24)22-16-9-10-17(22)12-15(11-16)21-18(23)25-13-14-7-5-4-6-8-14/h4-8,15-17H,9-13H2,1-3H3,(H,21,23)/t16-,17-/m0/s1. The van der Waals surface area contributed by atoms with E-state index in [0.717, 1.165) is 31.2 Å². The van der Waals surface area contributed by atoms with Crippen molar-refractivity contribution in [3.8, 4) is 0 Å². The van der Waals surface area contributed by atoms with E-state index < -0.39 is 11.7 Å². The van der Waals surface area contributed by atoms with E-state index in [1.54, 1.807) is 0 Å². The molecule has 2 bridgehead atoms. The Hall–Kier alpha value is -2.24. The maximum absolute atomic E-state index is 12.5. The zero-order valence-corrected chi connectivity index (χ0v) is 15.7. The summed E-state index contributed by atoms with van der Waals surface area (Å²) >= 11 is 0. The van der Waals surface area contributed by atoms with Gasteiger partial charge in [0.25, 0.3) is 0 Å². The SMILES string of the molecule is CC(C)(C)OC(=O)N1[C@H]2CC[C@H]1CC(NC(=O)OCc1ccccc1)C2. The lowest BCUT2D eigenvalue weighted by Gasteiger charge is -2.39. The van der Waals surface area contributed by atoms with E-state index in [1.165, 1.54) is 0 Å². The second kappa shape index (κ2) is 7.56. The first kappa shape index (κ1) is 18.5. The predicted octanol–water partition coefficient (Wildman–Crippen LogP) is 3.84. The van der Waals surface area contributed by atoms with Crippen LogP contribution in [0, 0.1) is 0 Å². The molecule has 0 unspecified atom stereocenters. The molecule has 142 valence electrons. The molecule has 2 heterocycles. The first-order valence-electron chi connectivity index (χ1n) is 9.30. The number of fused-ring (bicyclic) bond motifs is 2. The summed E-state index contributed by atoms with van der Waals surface area (Å²) in [4.78, 5) is 26.4. The summed E-state index contributed by atoms with van der Waals surface area (Å²) in [5.41, 5.74) is 0.467. The lowest BCUT2D eigenvalue weighted by Crippen LogP contribution is -2.53. The van der Waals surface area contributed by atoms with Crippen LogP contribution in [0.2, 0.25) is 0 Å². The van der Waals surface area contributed by atoms with E-state index in [4.69, 9.17) is 9.47 Å². The van der Waals surface area contributed by atoms with Crippen LogP contribution in [0.3, 0.4) is 0 Å². The molecule has 2 aliphatic heterocycles. The molecule has 2 fully saturated rings. The summed E-state index contributed by atoms with van der Waals surface area (Å²) in [5, 5.41) is 2.96. The highest BCUT2D eigenvalue weighted by Crippen LogP contribution is 2.36. The topological polar surface area (TPSA) is 67.9 Å². The number of piperidine rings is 1. The van der Waals surface area contributed by atoms with E-state index in [9.17, 15) is 9.59 Å². The molecule has 1 aromatic carbocycles. The van der Waals surface area contributed by atoms with Crippen LogP contribution in [0.1, 0.15) is 52.0 Å². The maximum Gasteiger partial charge on any atom is 0.410 e. The Morgan fingerprint density at radius 3 is 2.31 bits per heavy atom. The van der Waals surface area contributed by atoms with Crippen LogP contribution >= 0.6 is 0 Å². The highest BCUT2D eigenvalue weighted by molar-refractivity contribution is 5.70. The molecule has 6 heteroatoms. The van der Waals surface area contributed by atoms with Crippen LogP contribution in [0.4, 0.5) is 9.59 Å². The number of nitrogens with zero attached hydrogens (tertiary/aromatic N) is 1. The smallest absolute Gasteiger partial charge is 0.410 e. The van der Waals surface area contributed by atoms with Gasteiger partial charge in [0, 0.05) is 18.1 Å². The zero-order valence-electron chi connectivity index (χ0n) is 15.7. The number of rotatable bonds is 3. The van der Waals surface area contributed by atoms with E-state index in [-0.39, 0.29) is 30.8 Å². The van der Waals surface area contributed by atoms with Crippen molar-refractivity contribution in [2.24, 2.45) is 0 Å². The van der Waals surface area contributed by atoms with Crippen molar-refractivity contribution in [1.82, 2.24) is 10.2 Å². The fraction of sp³-hybridized carbons (Fsp3) is 0.600. The van der Waals surface area contributed by atoms with E-state index in [1.807, 2.05) is 56.0 Å². The summed E-state index contributed by atoms with van der Waals surface area (Å²) in [6.07, 6.45) is 2.77. The quantitative estimate of drug-likeness (QED) is 0.889. The average Bonchev–Trinajstić information content (AvgIpc) is 2.84. The van der Waals surface area contributed by atoms with Crippen LogP contribution in [0.15, 0.2) is 30.3 Å². The van der Waals surface area contributed by atoms with Gasteiger partial charge in [-0.15, -0.1) is 0 Å². The van der Waals surface area contributed by atoms with Crippen molar-refractivity contribution in [2.75, 3.05) is 0 Å². The van der Waals surface area contributed by atoms with Crippen molar-refractivity contribution in [3.63, 3.8) is 0 Å². The average molecular weight is 360 g/mol. The Kier molecular flexibility index (Phi) is 5.39. The van der Waals surface area contributed by atoms with Crippen LogP contribution < -0.4 is 5.32 Å². The Morgan fingerprint density at radius 1 is 1.12 bits per heavy atom. The molecule has 0 spiro atoms. The van der Waals surface area contributed by atoms with Gasteiger partial charge in [0.05, 0.1) is 0 Å². The minimum atomic E-state index is -0.493. The molecule has 2 saturated heterocycles. The van der Waals surface area contributed by atoms with Crippen molar-refractivity contribution in [3.05, 3.63) is 35.9 Å². The summed E-state index contributed by atoms with van der Waals surface area (Å²) in [5.74, 6) is 0. The Bertz CT molecular complexity index is 627. The zero-order chi connectivity index (χ0) is 18.7. The first-order valence-corrected chi connectivity index (χ1v) is 9.30. The summed E-state index contributed by atoms with van der Waals surface area (Å²) < 4.78 is 10.8. The molecule has 1 N–H and O–H groups in total. The third-order valence-electron chi connectivity index (χ3n) is 4.87. The number of alkyl carbamates (subject to hydrolysis) is 1. The summed E-state index contributed by atoms with van der Waals surface area (Å²) in [6, 6.07) is 9.90. The van der Waals surface area contributed by atoms with E-state index >= 15 is 0 Å². The molecule has 0 aliphatic carbocycles. The number of benzene rings is 1. The van der Waals surface area contributed by atoms with Gasteiger partial charge in [-0.05, 0) is 52.0 Å². The molecule has 0 radical (unpaired) electrons. The normalized spacial score (nSPS) is 24.9. The fourth-order valence-electron chi connectivity index (χ4n) is 3.84. The number of carbonyl (C=O) groups excluding carboxylic acids is 2. The monoisotopic (exact) mass is 360 g/mol. The van der Waals surface area contributed by atoms with E-state index in [2.05, 4.69) is 5.32 Å². The third kappa shape index (κ3) is 4.68. The van der Waals surface area contributed by atoms with Crippen molar-refractivity contribution in [2.45, 2.75) is 76.8 Å². The predicted molar refractivity (Wildman–Crippen MR) is 97.7 cm³/mol. The molecule has 0 aromatic heterocycles. The molecular formula is C20H28N2O4. The highest BCUT2D eigenvalue weighted by Gasteiger charge is 2.45. The van der Waals surface area contributed by atoms with E-state index in [0.29, 0.717) is 0 Å². The number of carbonyl (C=O) groups is 2. The van der Waals surface area contributed by atoms with Gasteiger partial charge in [0.15, 0.2) is 0 Å². The number of nitrogens with one attached hydrogen (secondary N) is 1. The molecule has 2 aliphatic rings. The number of hydrogen-bond acceptors (Lipinski definition) is 4. The molecule has 26 heavy (non-hydrogen) atoms. The van der Waals surface area contributed by atoms with Gasteiger partial charge in [-0.25, -0.2) is 9.59 Å². The number of hydrogen-bond donors (Lipinski definition) is 1. The molecule has 6 nitrogen and oxygen atoms in total. The fourth-order valence-corrected chi connectivity index (χ4v) is 3.84. The van der Waals surface area contributed by atoms with Crippen molar-refractivity contribution < 1.29 is 19.1 Å². The highest BCUT2D eigenvalue weighted by atomic mass is 16.6. The first-order chi connectivity index (χ1) is 12.3. The van der Waals surface area contributed by atoms with Gasteiger partial charge in [0.2, 0.25) is 0 Å². The third-order valence-corrected chi connectivity index (χ3v) is 4.87. The van der Waals surface area contributed by atoms with Gasteiger partial charge in [-0.3, -0.25) is 0 Å². The van der Waals surface area contributed by atoms with Gasteiger partial charge >= 0.3 is 12.2 Å². The van der Waals surface area contributed by atoms with Crippen molar-refractivity contribution in [1.29, 1.82) is 0 Å². The van der Waals surface area contributed by atoms with Crippen LogP contribution in [0.5, 0.6) is 0 Å². The second-order valence-corrected chi connectivity index (χ2v) is 8.15. The molecule has 0 saturated carbocycles. The van der Waals surface area contributed by atoms with Crippen molar-refractivity contribution >= 4 is 12.2 Å². The Morgan fingerprint density at radius 2 is 1.73 bits per heavy atom. The molecular weight excluding hydrogens is 332 g/mol. The van der Waals surface area contributed by atoms with Crippen LogP contribution in [0.25, 0.3) is 0 Å². The van der Waals surface area contributed by atoms with Gasteiger partial charge in [-0.1, -0.05) is 30.3 Å². The lowest BCUT2D eigenvalue weighted by molar-refractivity contribution is 0.00476. The van der Waals surface area contributed by atoms with Crippen LogP contribution in [-0.2, 0) is 16.1 Å². The van der Waals surface area contributed by atoms with Crippen LogP contribution in [-0.4, -0.2) is 40.8 Å². The largest absolute Gasteiger partial charge is 0.445 e. The van der Waals surface area contributed by atoms with Gasteiger partial charge in [-0.2, -0.15) is 0 Å². The second-order valence-electron chi connectivity index (χ2n) is 8.15. The molecule has 2 amide bonds. The Balaban J connectivity index is 1.49. The number of ether oxygens (including phenoxy) is 2.